The number of hydrogen-bond donors (Lipinski definition) is 2. The number of rotatable bonds is 8. The average molecular weight is 319 g/mol. The second kappa shape index (κ2) is 8.89. The van der Waals surface area contributed by atoms with Crippen LogP contribution in [0.15, 0.2) is 41.9 Å². The van der Waals surface area contributed by atoms with Crippen LogP contribution in [0, 0.1) is 5.82 Å². The minimum absolute atomic E-state index is 0.320. The lowest BCUT2D eigenvalue weighted by atomic mass is 10.2. The van der Waals surface area contributed by atoms with E-state index >= 15 is 0 Å². The molecule has 124 valence electrons. The number of hydrogen-bond acceptors (Lipinski definition) is 3. The first-order valence-corrected chi connectivity index (χ1v) is 7.59. The Bertz CT molecular complexity index is 627. The molecule has 0 saturated heterocycles. The highest BCUT2D eigenvalue weighted by Gasteiger charge is 2.05. The lowest BCUT2D eigenvalue weighted by Crippen LogP contribution is -2.32. The van der Waals surface area contributed by atoms with Crippen molar-refractivity contribution < 1.29 is 9.13 Å². The molecule has 0 aliphatic heterocycles. The molecule has 0 spiro atoms. The average Bonchev–Trinajstić information content (AvgIpc) is 3.07. The quantitative estimate of drug-likeness (QED) is 0.442. The Labute approximate surface area is 135 Å². The summed E-state index contributed by atoms with van der Waals surface area (Å²) in [6.45, 7) is 4.39. The third-order valence-corrected chi connectivity index (χ3v) is 3.20. The summed E-state index contributed by atoms with van der Waals surface area (Å²) in [5, 5.41) is 3.00. The van der Waals surface area contributed by atoms with Crippen molar-refractivity contribution in [3.8, 4) is 5.69 Å². The highest BCUT2D eigenvalue weighted by atomic mass is 19.1. The van der Waals surface area contributed by atoms with Crippen molar-refractivity contribution in [2.75, 3.05) is 19.8 Å². The molecule has 2 aromatic rings. The lowest BCUT2D eigenvalue weighted by Gasteiger charge is -2.07. The van der Waals surface area contributed by atoms with Crippen LogP contribution in [0.3, 0.4) is 0 Å². The molecule has 7 heteroatoms. The van der Waals surface area contributed by atoms with Crippen LogP contribution in [0.1, 0.15) is 18.9 Å². The normalized spacial score (nSPS) is 11.7. The molecule has 0 unspecified atom stereocenters. The summed E-state index contributed by atoms with van der Waals surface area (Å²) in [7, 11) is 0. The molecular weight excluding hydrogens is 297 g/mol. The summed E-state index contributed by atoms with van der Waals surface area (Å²) in [4.78, 5) is 8.11. The van der Waals surface area contributed by atoms with Gasteiger partial charge in [-0.1, -0.05) is 6.07 Å². The first-order valence-electron chi connectivity index (χ1n) is 7.59. The lowest BCUT2D eigenvalue weighted by molar-refractivity contribution is 0.145. The van der Waals surface area contributed by atoms with Gasteiger partial charge in [-0.25, -0.2) is 14.4 Å². The van der Waals surface area contributed by atoms with Crippen molar-refractivity contribution >= 4 is 5.96 Å². The largest absolute Gasteiger partial charge is 0.382 e. The number of nitrogens with one attached hydrogen (secondary N) is 1. The Morgan fingerprint density at radius 2 is 2.35 bits per heavy atom. The predicted molar refractivity (Wildman–Crippen MR) is 88.0 cm³/mol. The molecule has 0 aliphatic carbocycles. The number of ether oxygens (including phenoxy) is 1. The molecule has 1 heterocycles. The standard InChI is InChI=1S/C16H22FN5O/c1-2-23-9-3-6-20-16(18)21-11-13-4-5-15(14(17)10-13)22-8-7-19-12-22/h4-5,7-8,10,12H,2-3,6,9,11H2,1H3,(H3,18,20,21). The van der Waals surface area contributed by atoms with Crippen molar-refractivity contribution in [1.29, 1.82) is 0 Å². The van der Waals surface area contributed by atoms with Crippen LogP contribution in [0.4, 0.5) is 4.39 Å². The molecule has 0 bridgehead atoms. The Hall–Kier alpha value is -2.41. The third kappa shape index (κ3) is 5.37. The molecule has 0 atom stereocenters. The highest BCUT2D eigenvalue weighted by molar-refractivity contribution is 5.77. The van der Waals surface area contributed by atoms with Crippen molar-refractivity contribution in [2.45, 2.75) is 19.9 Å². The molecule has 0 saturated carbocycles. The third-order valence-electron chi connectivity index (χ3n) is 3.20. The molecule has 1 aromatic carbocycles. The molecule has 0 fully saturated rings. The monoisotopic (exact) mass is 319 g/mol. The maximum atomic E-state index is 14.1. The van der Waals surface area contributed by atoms with Crippen molar-refractivity contribution in [3.63, 3.8) is 0 Å². The van der Waals surface area contributed by atoms with Crippen LogP contribution in [0.25, 0.3) is 5.69 Å². The SMILES string of the molecule is CCOCCCNC(N)=NCc1ccc(-n2ccnc2)c(F)c1. The number of imidazole rings is 1. The number of halogens is 1. The summed E-state index contributed by atoms with van der Waals surface area (Å²) in [5.74, 6) is 0.0273. The molecule has 0 amide bonds. The van der Waals surface area contributed by atoms with Crippen LogP contribution >= 0.6 is 0 Å². The molecule has 3 N–H and O–H groups in total. The van der Waals surface area contributed by atoms with Gasteiger partial charge in [0.15, 0.2) is 5.96 Å². The second-order valence-corrected chi connectivity index (χ2v) is 4.93. The number of aliphatic imine (C=N–C) groups is 1. The van der Waals surface area contributed by atoms with Crippen LogP contribution < -0.4 is 11.1 Å². The van der Waals surface area contributed by atoms with Crippen molar-refractivity contribution in [1.82, 2.24) is 14.9 Å². The van der Waals surface area contributed by atoms with E-state index in [9.17, 15) is 4.39 Å². The maximum Gasteiger partial charge on any atom is 0.188 e. The summed E-state index contributed by atoms with van der Waals surface area (Å²) >= 11 is 0. The number of aromatic nitrogens is 2. The first kappa shape index (κ1) is 17.0. The van der Waals surface area contributed by atoms with Gasteiger partial charge in [0.2, 0.25) is 0 Å². The Morgan fingerprint density at radius 1 is 1.48 bits per heavy atom. The second-order valence-electron chi connectivity index (χ2n) is 4.93. The minimum Gasteiger partial charge on any atom is -0.382 e. The summed E-state index contributed by atoms with van der Waals surface area (Å²) in [6.07, 6.45) is 5.72. The van der Waals surface area contributed by atoms with E-state index < -0.39 is 0 Å². The molecule has 23 heavy (non-hydrogen) atoms. The fraction of sp³-hybridized carbons (Fsp3) is 0.375. The van der Waals surface area contributed by atoms with Gasteiger partial charge in [0.25, 0.3) is 0 Å². The fourth-order valence-electron chi connectivity index (χ4n) is 2.03. The van der Waals surface area contributed by atoms with Gasteiger partial charge in [-0.05, 0) is 31.0 Å². The molecule has 1 aromatic heterocycles. The van der Waals surface area contributed by atoms with Gasteiger partial charge < -0.3 is 20.4 Å². The topological polar surface area (TPSA) is 77.5 Å². The number of guanidine groups is 1. The fourth-order valence-corrected chi connectivity index (χ4v) is 2.03. The zero-order chi connectivity index (χ0) is 16.5. The van der Waals surface area contributed by atoms with E-state index in [1.165, 1.54) is 6.07 Å². The number of nitrogens with zero attached hydrogens (tertiary/aromatic N) is 3. The van der Waals surface area contributed by atoms with Crippen LogP contribution in [-0.4, -0.2) is 35.3 Å². The highest BCUT2D eigenvalue weighted by Crippen LogP contribution is 2.15. The van der Waals surface area contributed by atoms with Gasteiger partial charge in [-0.2, -0.15) is 0 Å². The summed E-state index contributed by atoms with van der Waals surface area (Å²) < 4.78 is 21.0. The van der Waals surface area contributed by atoms with Crippen LogP contribution in [0.5, 0.6) is 0 Å². The van der Waals surface area contributed by atoms with Gasteiger partial charge in [0.1, 0.15) is 5.82 Å². The summed E-state index contributed by atoms with van der Waals surface area (Å²) in [5.41, 5.74) is 6.98. The van der Waals surface area contributed by atoms with Gasteiger partial charge in [-0.15, -0.1) is 0 Å². The van der Waals surface area contributed by atoms with E-state index in [0.29, 0.717) is 38.0 Å². The van der Waals surface area contributed by atoms with Crippen molar-refractivity contribution in [2.24, 2.45) is 10.7 Å². The first-order chi connectivity index (χ1) is 11.2. The van der Waals surface area contributed by atoms with Gasteiger partial charge >= 0.3 is 0 Å². The Morgan fingerprint density at radius 3 is 3.04 bits per heavy atom. The van der Waals surface area contributed by atoms with Crippen LogP contribution in [0.2, 0.25) is 0 Å². The van der Waals surface area contributed by atoms with E-state index in [1.54, 1.807) is 29.4 Å². The van der Waals surface area contributed by atoms with Crippen molar-refractivity contribution in [3.05, 3.63) is 48.3 Å². The molecule has 2 rings (SSSR count). The maximum absolute atomic E-state index is 14.1. The van der Waals surface area contributed by atoms with Gasteiger partial charge in [0, 0.05) is 32.2 Å². The Balaban J connectivity index is 1.85. The molecule has 6 nitrogen and oxygen atoms in total. The molecule has 0 aliphatic rings. The number of nitrogens with two attached hydrogens (primary N) is 1. The molecule has 0 radical (unpaired) electrons. The number of benzene rings is 1. The van der Waals surface area contributed by atoms with E-state index in [1.807, 2.05) is 13.0 Å². The Kier molecular flexibility index (Phi) is 6.56. The smallest absolute Gasteiger partial charge is 0.188 e. The van der Waals surface area contributed by atoms with E-state index in [4.69, 9.17) is 10.5 Å². The van der Waals surface area contributed by atoms with Gasteiger partial charge in [0.05, 0.1) is 18.6 Å². The zero-order valence-corrected chi connectivity index (χ0v) is 13.2. The van der Waals surface area contributed by atoms with E-state index in [0.717, 1.165) is 12.0 Å². The van der Waals surface area contributed by atoms with E-state index in [-0.39, 0.29) is 5.82 Å². The van der Waals surface area contributed by atoms with Gasteiger partial charge in [-0.3, -0.25) is 0 Å². The summed E-state index contributed by atoms with van der Waals surface area (Å²) in [6, 6.07) is 4.99. The zero-order valence-electron chi connectivity index (χ0n) is 13.2. The van der Waals surface area contributed by atoms with E-state index in [2.05, 4.69) is 15.3 Å². The van der Waals surface area contributed by atoms with Crippen LogP contribution in [-0.2, 0) is 11.3 Å². The predicted octanol–water partition coefficient (Wildman–Crippen LogP) is 1.84. The minimum atomic E-state index is -0.320. The molecular formula is C16H22FN5O.